The van der Waals surface area contributed by atoms with Gasteiger partial charge in [-0.1, -0.05) is 12.5 Å². The summed E-state index contributed by atoms with van der Waals surface area (Å²) < 4.78 is 0. The summed E-state index contributed by atoms with van der Waals surface area (Å²) in [6.45, 7) is 1.02. The molecule has 0 bridgehead atoms. The fraction of sp³-hybridized carbons (Fsp3) is 0.542. The zero-order chi connectivity index (χ0) is 26.7. The lowest BCUT2D eigenvalue weighted by Gasteiger charge is -2.17. The number of carbonyl (C=O) groups excluding carboxylic acids is 4. The number of aromatic nitrogens is 1. The Morgan fingerprint density at radius 1 is 0.974 bits per heavy atom. The molecule has 1 aromatic heterocycles. The summed E-state index contributed by atoms with van der Waals surface area (Å²) in [5.41, 5.74) is 5.63. The van der Waals surface area contributed by atoms with Gasteiger partial charge in [0, 0.05) is 43.4 Å². The second-order valence-electron chi connectivity index (χ2n) is 9.28. The standard InChI is InChI=1S/C24H33N9O4S/c34-18(8-2-1-7-17-20-15(14-38-17)12-19(35)29-20)26-10-5-11-27-23(36)21-30-32-22(33-31-21)24(37)28-13-16-6-3-4-9-25-16/h3-4,6,9,15,17,20H,1-2,5,7-8,10-14H2,(H,26,34)(H,27,36)(H,28,37)(H,29,35)(H,30,31)(H,32,33). The van der Waals surface area contributed by atoms with Gasteiger partial charge in [0.1, 0.15) is 0 Å². The van der Waals surface area contributed by atoms with E-state index in [2.05, 4.69) is 47.3 Å². The fourth-order valence-electron chi connectivity index (χ4n) is 4.45. The topological polar surface area (TPSA) is 178 Å². The van der Waals surface area contributed by atoms with Crippen LogP contribution < -0.4 is 32.1 Å². The molecular weight excluding hydrogens is 510 g/mol. The number of unbranched alkanes of at least 4 members (excludes halogenated alkanes) is 1. The number of rotatable bonds is 13. The molecule has 4 amide bonds. The van der Waals surface area contributed by atoms with Gasteiger partial charge in [0.15, 0.2) is 0 Å². The van der Waals surface area contributed by atoms with Crippen molar-refractivity contribution in [2.45, 2.75) is 56.4 Å². The lowest BCUT2D eigenvalue weighted by molar-refractivity contribution is -0.121. The van der Waals surface area contributed by atoms with Gasteiger partial charge in [0.2, 0.25) is 23.5 Å². The molecule has 14 heteroatoms. The number of carbonyl (C=O) groups is 4. The predicted octanol–water partition coefficient (Wildman–Crippen LogP) is -0.679. The first-order valence-electron chi connectivity index (χ1n) is 12.8. The minimum Gasteiger partial charge on any atom is -0.356 e. The zero-order valence-electron chi connectivity index (χ0n) is 21.0. The normalized spacial score (nSPS) is 21.7. The molecule has 13 nitrogen and oxygen atoms in total. The second-order valence-corrected chi connectivity index (χ2v) is 10.6. The van der Waals surface area contributed by atoms with Crippen LogP contribution in [0, 0.1) is 5.92 Å². The highest BCUT2D eigenvalue weighted by molar-refractivity contribution is 8.00. The largest absolute Gasteiger partial charge is 0.356 e. The van der Waals surface area contributed by atoms with E-state index >= 15 is 0 Å². The number of hydrazone groups is 2. The van der Waals surface area contributed by atoms with Crippen molar-refractivity contribution in [3.8, 4) is 0 Å². The number of thioether (sulfide) groups is 1. The Labute approximate surface area is 224 Å². The SMILES string of the molecule is O=C(CCCCC1SCC2CC(=O)NC21)NCCCNC(=O)C1=NNC(C(=O)NCc2ccccn2)=NN1. The molecule has 1 aromatic rings. The number of hydrogen-bond donors (Lipinski definition) is 6. The molecule has 0 aliphatic carbocycles. The smallest absolute Gasteiger partial charge is 0.290 e. The first kappa shape index (κ1) is 27.4. The van der Waals surface area contributed by atoms with Crippen LogP contribution in [0.1, 0.15) is 44.2 Å². The van der Waals surface area contributed by atoms with Crippen LogP contribution in [0.3, 0.4) is 0 Å². The Morgan fingerprint density at radius 2 is 1.74 bits per heavy atom. The van der Waals surface area contributed by atoms with Crippen LogP contribution >= 0.6 is 11.8 Å². The van der Waals surface area contributed by atoms with Crippen molar-refractivity contribution in [3.63, 3.8) is 0 Å². The van der Waals surface area contributed by atoms with E-state index in [0.717, 1.165) is 25.0 Å². The third-order valence-corrected chi connectivity index (χ3v) is 8.02. The first-order chi connectivity index (χ1) is 18.5. The quantitative estimate of drug-likeness (QED) is 0.177. The van der Waals surface area contributed by atoms with Crippen molar-refractivity contribution in [2.75, 3.05) is 18.8 Å². The van der Waals surface area contributed by atoms with Gasteiger partial charge in [-0.05, 0) is 43.1 Å². The van der Waals surface area contributed by atoms with E-state index in [9.17, 15) is 19.2 Å². The van der Waals surface area contributed by atoms with Gasteiger partial charge in [0.25, 0.3) is 11.8 Å². The summed E-state index contributed by atoms with van der Waals surface area (Å²) in [6.07, 6.45) is 6.09. The number of hydrogen-bond acceptors (Lipinski definition) is 10. The van der Waals surface area contributed by atoms with Gasteiger partial charge in [0.05, 0.1) is 12.2 Å². The van der Waals surface area contributed by atoms with E-state index in [1.807, 2.05) is 17.8 Å². The average molecular weight is 544 g/mol. The van der Waals surface area contributed by atoms with Crippen LogP contribution in [0.25, 0.3) is 0 Å². The Balaban J connectivity index is 1.01. The van der Waals surface area contributed by atoms with Crippen LogP contribution in [0.15, 0.2) is 34.6 Å². The van der Waals surface area contributed by atoms with E-state index in [1.165, 1.54) is 0 Å². The van der Waals surface area contributed by atoms with Gasteiger partial charge in [-0.3, -0.25) is 35.0 Å². The molecule has 3 aliphatic heterocycles. The minimum absolute atomic E-state index is 0.00634. The molecule has 2 saturated heterocycles. The van der Waals surface area contributed by atoms with Gasteiger partial charge in [-0.25, -0.2) is 0 Å². The lowest BCUT2D eigenvalue weighted by Crippen LogP contribution is -2.48. The van der Waals surface area contributed by atoms with Gasteiger partial charge in [-0.15, -0.1) is 10.2 Å². The molecule has 4 heterocycles. The van der Waals surface area contributed by atoms with Crippen molar-refractivity contribution >= 4 is 47.1 Å². The summed E-state index contributed by atoms with van der Waals surface area (Å²) in [5.74, 6) is 0.563. The summed E-state index contributed by atoms with van der Waals surface area (Å²) in [6, 6.07) is 5.69. The van der Waals surface area contributed by atoms with Crippen LogP contribution in [0.5, 0.6) is 0 Å². The molecule has 0 aromatic carbocycles. The van der Waals surface area contributed by atoms with Gasteiger partial charge < -0.3 is 21.3 Å². The average Bonchev–Trinajstić information content (AvgIpc) is 3.49. The maximum atomic E-state index is 12.2. The van der Waals surface area contributed by atoms with Crippen LogP contribution in [0.4, 0.5) is 0 Å². The number of nitrogens with one attached hydrogen (secondary N) is 6. The molecular formula is C24H33N9O4S. The summed E-state index contributed by atoms with van der Waals surface area (Å²) in [7, 11) is 0. The summed E-state index contributed by atoms with van der Waals surface area (Å²) in [4.78, 5) is 52.1. The van der Waals surface area contributed by atoms with Crippen LogP contribution in [0.2, 0.25) is 0 Å². The Hall–Kier alpha value is -3.68. The number of pyridine rings is 1. The molecule has 3 aliphatic rings. The second kappa shape index (κ2) is 13.7. The molecule has 6 N–H and O–H groups in total. The molecule has 3 unspecified atom stereocenters. The van der Waals surface area contributed by atoms with E-state index in [0.29, 0.717) is 55.3 Å². The third kappa shape index (κ3) is 7.91. The lowest BCUT2D eigenvalue weighted by atomic mass is 9.97. The monoisotopic (exact) mass is 543 g/mol. The third-order valence-electron chi connectivity index (χ3n) is 6.45. The number of fused-ring (bicyclic) bond motifs is 1. The van der Waals surface area contributed by atoms with Gasteiger partial charge >= 0.3 is 0 Å². The molecule has 2 fully saturated rings. The highest BCUT2D eigenvalue weighted by atomic mass is 32.2. The molecule has 0 radical (unpaired) electrons. The maximum absolute atomic E-state index is 12.2. The Kier molecular flexibility index (Phi) is 9.90. The summed E-state index contributed by atoms with van der Waals surface area (Å²) >= 11 is 1.94. The first-order valence-corrected chi connectivity index (χ1v) is 13.9. The van der Waals surface area contributed by atoms with Crippen molar-refractivity contribution in [1.29, 1.82) is 0 Å². The number of nitrogens with zero attached hydrogens (tertiary/aromatic N) is 3. The van der Waals surface area contributed by atoms with Crippen molar-refractivity contribution in [3.05, 3.63) is 30.1 Å². The minimum atomic E-state index is -0.490. The summed E-state index contributed by atoms with van der Waals surface area (Å²) in [5, 5.41) is 19.5. The fourth-order valence-corrected chi connectivity index (χ4v) is 6.10. The van der Waals surface area contributed by atoms with E-state index in [4.69, 9.17) is 0 Å². The molecule has 38 heavy (non-hydrogen) atoms. The number of amidine groups is 2. The predicted molar refractivity (Wildman–Crippen MR) is 143 cm³/mol. The highest BCUT2D eigenvalue weighted by Gasteiger charge is 2.42. The highest BCUT2D eigenvalue weighted by Crippen LogP contribution is 2.39. The maximum Gasteiger partial charge on any atom is 0.290 e. The molecule has 3 atom stereocenters. The van der Waals surface area contributed by atoms with Crippen LogP contribution in [-0.4, -0.2) is 70.4 Å². The van der Waals surface area contributed by atoms with E-state index in [1.54, 1.807) is 18.3 Å². The molecule has 204 valence electrons. The van der Waals surface area contributed by atoms with Crippen molar-refractivity contribution in [2.24, 2.45) is 16.1 Å². The molecule has 0 saturated carbocycles. The molecule has 0 spiro atoms. The Bertz CT molecular complexity index is 1080. The van der Waals surface area contributed by atoms with Gasteiger partial charge in [-0.2, -0.15) is 11.8 Å². The van der Waals surface area contributed by atoms with Crippen molar-refractivity contribution < 1.29 is 19.2 Å². The zero-order valence-corrected chi connectivity index (χ0v) is 21.8. The van der Waals surface area contributed by atoms with E-state index in [-0.39, 0.29) is 30.0 Å². The number of amides is 4. The molecule has 4 rings (SSSR count). The Morgan fingerprint density at radius 3 is 2.47 bits per heavy atom. The van der Waals surface area contributed by atoms with E-state index < -0.39 is 11.8 Å². The van der Waals surface area contributed by atoms with Crippen LogP contribution in [-0.2, 0) is 25.7 Å². The van der Waals surface area contributed by atoms with Crippen molar-refractivity contribution in [1.82, 2.24) is 37.1 Å².